The van der Waals surface area contributed by atoms with Crippen LogP contribution in [0.3, 0.4) is 0 Å². The summed E-state index contributed by atoms with van der Waals surface area (Å²) in [6.45, 7) is 5.74. The third-order valence-electron chi connectivity index (χ3n) is 4.51. The third-order valence-corrected chi connectivity index (χ3v) is 4.51. The Kier molecular flexibility index (Phi) is 11.0. The number of hydrogen-bond acceptors (Lipinski definition) is 1. The van der Waals surface area contributed by atoms with Crippen molar-refractivity contribution >= 4 is 0 Å². The molecule has 0 aromatic heterocycles. The standard InChI is InChI=1S/C19H37N/c1-3-5-6-7-8-9-13-16-19(20-17-4-2)18-14-11-10-12-15-18/h14,19-20H,3-13,15-17H2,1-2H3. The molecule has 0 saturated heterocycles. The molecule has 0 saturated carbocycles. The molecule has 0 amide bonds. The molecule has 0 heterocycles. The van der Waals surface area contributed by atoms with Gasteiger partial charge in [0, 0.05) is 6.04 Å². The molecule has 1 heteroatoms. The van der Waals surface area contributed by atoms with Crippen LogP contribution in [0.2, 0.25) is 0 Å². The first-order chi connectivity index (χ1) is 9.88. The predicted octanol–water partition coefficient (Wildman–Crippen LogP) is 6.00. The van der Waals surface area contributed by atoms with Gasteiger partial charge in [-0.3, -0.25) is 0 Å². The average molecular weight is 280 g/mol. The van der Waals surface area contributed by atoms with Gasteiger partial charge in [-0.2, -0.15) is 0 Å². The number of hydrogen-bond donors (Lipinski definition) is 1. The molecular weight excluding hydrogens is 242 g/mol. The van der Waals surface area contributed by atoms with Gasteiger partial charge in [0.05, 0.1) is 0 Å². The molecule has 20 heavy (non-hydrogen) atoms. The molecule has 118 valence electrons. The van der Waals surface area contributed by atoms with Crippen LogP contribution in [-0.2, 0) is 0 Å². The number of rotatable bonds is 12. The van der Waals surface area contributed by atoms with E-state index >= 15 is 0 Å². The summed E-state index contributed by atoms with van der Waals surface area (Å²) in [6.07, 6.45) is 20.6. The molecule has 0 aromatic rings. The van der Waals surface area contributed by atoms with Gasteiger partial charge in [-0.25, -0.2) is 0 Å². The Hall–Kier alpha value is -0.300. The quantitative estimate of drug-likeness (QED) is 0.341. The lowest BCUT2D eigenvalue weighted by atomic mass is 9.90. The lowest BCUT2D eigenvalue weighted by Gasteiger charge is -2.24. The van der Waals surface area contributed by atoms with Crippen LogP contribution in [-0.4, -0.2) is 12.6 Å². The maximum Gasteiger partial charge on any atom is 0.0279 e. The van der Waals surface area contributed by atoms with Crippen LogP contribution >= 0.6 is 0 Å². The highest BCUT2D eigenvalue weighted by Gasteiger charge is 2.14. The molecule has 1 unspecified atom stereocenters. The third kappa shape index (κ3) is 8.09. The van der Waals surface area contributed by atoms with Crippen LogP contribution in [0.5, 0.6) is 0 Å². The SMILES string of the molecule is CCCCCCCCCC(NCCC)C1=CCCCC1. The second kappa shape index (κ2) is 12.4. The van der Waals surface area contributed by atoms with Crippen LogP contribution < -0.4 is 5.32 Å². The smallest absolute Gasteiger partial charge is 0.0279 e. The van der Waals surface area contributed by atoms with Gasteiger partial charge in [0.2, 0.25) is 0 Å². The van der Waals surface area contributed by atoms with E-state index < -0.39 is 0 Å². The summed E-state index contributed by atoms with van der Waals surface area (Å²) >= 11 is 0. The number of allylic oxidation sites excluding steroid dienone is 1. The van der Waals surface area contributed by atoms with Crippen LogP contribution in [0.1, 0.15) is 97.3 Å². The molecule has 0 aromatic carbocycles. The molecule has 0 aliphatic heterocycles. The Morgan fingerprint density at radius 2 is 1.70 bits per heavy atom. The summed E-state index contributed by atoms with van der Waals surface area (Å²) < 4.78 is 0. The van der Waals surface area contributed by atoms with E-state index in [0.29, 0.717) is 6.04 Å². The maximum absolute atomic E-state index is 3.78. The summed E-state index contributed by atoms with van der Waals surface area (Å²) in [5.41, 5.74) is 1.72. The molecule has 1 rings (SSSR count). The summed E-state index contributed by atoms with van der Waals surface area (Å²) in [5.74, 6) is 0. The zero-order valence-electron chi connectivity index (χ0n) is 14.1. The van der Waals surface area contributed by atoms with Crippen molar-refractivity contribution in [2.75, 3.05) is 6.54 Å². The number of unbranched alkanes of at least 4 members (excludes halogenated alkanes) is 6. The van der Waals surface area contributed by atoms with Gasteiger partial charge in [0.1, 0.15) is 0 Å². The lowest BCUT2D eigenvalue weighted by molar-refractivity contribution is 0.472. The van der Waals surface area contributed by atoms with Gasteiger partial charge in [-0.1, -0.05) is 70.4 Å². The predicted molar refractivity (Wildman–Crippen MR) is 91.2 cm³/mol. The summed E-state index contributed by atoms with van der Waals surface area (Å²) in [5, 5.41) is 3.78. The van der Waals surface area contributed by atoms with Crippen molar-refractivity contribution in [2.45, 2.75) is 103 Å². The molecule has 0 fully saturated rings. The maximum atomic E-state index is 3.78. The van der Waals surface area contributed by atoms with E-state index in [1.165, 1.54) is 90.0 Å². The van der Waals surface area contributed by atoms with Gasteiger partial charge in [0.25, 0.3) is 0 Å². The van der Waals surface area contributed by atoms with Gasteiger partial charge in [0.15, 0.2) is 0 Å². The Morgan fingerprint density at radius 1 is 0.950 bits per heavy atom. The minimum atomic E-state index is 0.686. The normalized spacial score (nSPS) is 17.0. The molecule has 1 N–H and O–H groups in total. The fraction of sp³-hybridized carbons (Fsp3) is 0.895. The van der Waals surface area contributed by atoms with E-state index in [4.69, 9.17) is 0 Å². The second-order valence-electron chi connectivity index (χ2n) is 6.44. The van der Waals surface area contributed by atoms with Crippen molar-refractivity contribution in [2.24, 2.45) is 0 Å². The van der Waals surface area contributed by atoms with Crippen LogP contribution in [0.15, 0.2) is 11.6 Å². The topological polar surface area (TPSA) is 12.0 Å². The van der Waals surface area contributed by atoms with Crippen molar-refractivity contribution in [3.05, 3.63) is 11.6 Å². The summed E-state index contributed by atoms with van der Waals surface area (Å²) in [7, 11) is 0. The zero-order chi connectivity index (χ0) is 14.5. The first-order valence-corrected chi connectivity index (χ1v) is 9.30. The van der Waals surface area contributed by atoms with E-state index in [0.717, 1.165) is 0 Å². The van der Waals surface area contributed by atoms with Crippen molar-refractivity contribution in [3.63, 3.8) is 0 Å². The minimum Gasteiger partial charge on any atom is -0.310 e. The molecule has 1 atom stereocenters. The molecule has 1 aliphatic rings. The van der Waals surface area contributed by atoms with Gasteiger partial charge < -0.3 is 5.32 Å². The molecule has 0 radical (unpaired) electrons. The van der Waals surface area contributed by atoms with Crippen LogP contribution in [0.4, 0.5) is 0 Å². The lowest BCUT2D eigenvalue weighted by Crippen LogP contribution is -2.32. The number of nitrogens with one attached hydrogen (secondary N) is 1. The van der Waals surface area contributed by atoms with E-state index in [2.05, 4.69) is 25.2 Å². The largest absolute Gasteiger partial charge is 0.310 e. The zero-order valence-corrected chi connectivity index (χ0v) is 14.1. The van der Waals surface area contributed by atoms with Crippen molar-refractivity contribution in [3.8, 4) is 0 Å². The van der Waals surface area contributed by atoms with Crippen molar-refractivity contribution in [1.29, 1.82) is 0 Å². The Bertz CT molecular complexity index is 244. The first-order valence-electron chi connectivity index (χ1n) is 9.30. The van der Waals surface area contributed by atoms with E-state index in [1.807, 2.05) is 0 Å². The fourth-order valence-electron chi connectivity index (χ4n) is 3.22. The second-order valence-corrected chi connectivity index (χ2v) is 6.44. The van der Waals surface area contributed by atoms with E-state index in [1.54, 1.807) is 5.57 Å². The minimum absolute atomic E-state index is 0.686. The van der Waals surface area contributed by atoms with E-state index in [9.17, 15) is 0 Å². The Balaban J connectivity index is 2.17. The molecule has 0 bridgehead atoms. The summed E-state index contributed by atoms with van der Waals surface area (Å²) in [4.78, 5) is 0. The molecule has 1 nitrogen and oxygen atoms in total. The van der Waals surface area contributed by atoms with Crippen molar-refractivity contribution in [1.82, 2.24) is 5.32 Å². The Morgan fingerprint density at radius 3 is 2.35 bits per heavy atom. The van der Waals surface area contributed by atoms with Gasteiger partial charge >= 0.3 is 0 Å². The Labute approximate surface area is 127 Å². The molecule has 0 spiro atoms. The van der Waals surface area contributed by atoms with Gasteiger partial charge in [-0.05, 0) is 45.1 Å². The highest BCUT2D eigenvalue weighted by Crippen LogP contribution is 2.23. The van der Waals surface area contributed by atoms with Crippen molar-refractivity contribution < 1.29 is 0 Å². The molecule has 1 aliphatic carbocycles. The van der Waals surface area contributed by atoms with E-state index in [-0.39, 0.29) is 0 Å². The average Bonchev–Trinajstić information content (AvgIpc) is 2.50. The van der Waals surface area contributed by atoms with Gasteiger partial charge in [-0.15, -0.1) is 0 Å². The fourth-order valence-corrected chi connectivity index (χ4v) is 3.22. The first kappa shape index (κ1) is 17.8. The summed E-state index contributed by atoms with van der Waals surface area (Å²) in [6, 6.07) is 0.686. The highest BCUT2D eigenvalue weighted by molar-refractivity contribution is 5.13. The van der Waals surface area contributed by atoms with Crippen LogP contribution in [0.25, 0.3) is 0 Å². The highest BCUT2D eigenvalue weighted by atomic mass is 14.9. The monoisotopic (exact) mass is 279 g/mol. The molecular formula is C19H37N. The van der Waals surface area contributed by atoms with Crippen LogP contribution in [0, 0.1) is 0 Å².